The molecule has 0 fully saturated rings. The van der Waals surface area contributed by atoms with E-state index in [0.717, 1.165) is 0 Å². The fourth-order valence-corrected chi connectivity index (χ4v) is 4.05. The highest BCUT2D eigenvalue weighted by molar-refractivity contribution is 6.30. The van der Waals surface area contributed by atoms with E-state index in [-0.39, 0.29) is 10.8 Å². The molecular weight excluding hydrogens is 408 g/mol. The summed E-state index contributed by atoms with van der Waals surface area (Å²) in [6.45, 7) is 4.85. The number of rotatable bonds is 5. The van der Waals surface area contributed by atoms with Crippen LogP contribution < -0.4 is 0 Å². The number of benzene rings is 1. The van der Waals surface area contributed by atoms with Crippen LogP contribution in [0.25, 0.3) is 10.9 Å². The molecule has 3 aromatic rings. The summed E-state index contributed by atoms with van der Waals surface area (Å²) in [5.74, 6) is -0.533. The van der Waals surface area contributed by atoms with E-state index < -0.39 is 35.9 Å². The van der Waals surface area contributed by atoms with Gasteiger partial charge in [-0.05, 0) is 54.2 Å². The Morgan fingerprint density at radius 1 is 1.14 bits per heavy atom. The summed E-state index contributed by atoms with van der Waals surface area (Å²) in [4.78, 5) is 6.75. The minimum atomic E-state index is -4.89. The maximum absolute atomic E-state index is 14.0. The van der Waals surface area contributed by atoms with Gasteiger partial charge in [-0.2, -0.15) is 13.2 Å². The van der Waals surface area contributed by atoms with Gasteiger partial charge in [-0.25, -0.2) is 9.37 Å². The highest BCUT2D eigenvalue weighted by atomic mass is 35.5. The Labute approximate surface area is 170 Å². The maximum atomic E-state index is 14.0. The number of aromatic amines is 1. The predicted molar refractivity (Wildman–Crippen MR) is 105 cm³/mol. The van der Waals surface area contributed by atoms with E-state index in [9.17, 15) is 22.7 Å². The number of pyridine rings is 1. The molecule has 0 spiro atoms. The second-order valence-corrected chi connectivity index (χ2v) is 8.50. The number of hydrogen-bond donors (Lipinski definition) is 2. The smallest absolute Gasteiger partial charge is 0.380 e. The molecule has 3 nitrogen and oxygen atoms in total. The molecule has 0 bridgehead atoms. The van der Waals surface area contributed by atoms with Gasteiger partial charge in [0.2, 0.25) is 0 Å². The van der Waals surface area contributed by atoms with Crippen LogP contribution in [-0.2, 0) is 11.8 Å². The van der Waals surface area contributed by atoms with Crippen molar-refractivity contribution in [2.24, 2.45) is 0 Å². The van der Waals surface area contributed by atoms with Gasteiger partial charge in [0.1, 0.15) is 11.0 Å². The fourth-order valence-electron chi connectivity index (χ4n) is 3.89. The van der Waals surface area contributed by atoms with Crippen LogP contribution in [0.3, 0.4) is 0 Å². The minimum Gasteiger partial charge on any atom is -0.380 e. The molecule has 3 rings (SSSR count). The van der Waals surface area contributed by atoms with Gasteiger partial charge in [0, 0.05) is 17.5 Å². The summed E-state index contributed by atoms with van der Waals surface area (Å²) < 4.78 is 55.6. The molecule has 0 saturated heterocycles. The molecule has 0 amide bonds. The van der Waals surface area contributed by atoms with Gasteiger partial charge in [-0.15, -0.1) is 0 Å². The third kappa shape index (κ3) is 4.41. The Bertz CT molecular complexity index is 1040. The number of hydrogen-bond acceptors (Lipinski definition) is 2. The molecule has 29 heavy (non-hydrogen) atoms. The van der Waals surface area contributed by atoms with Crippen LogP contribution in [-0.4, -0.2) is 26.9 Å². The summed E-state index contributed by atoms with van der Waals surface area (Å²) >= 11 is 5.83. The van der Waals surface area contributed by atoms with Crippen LogP contribution in [0.4, 0.5) is 17.6 Å². The molecule has 0 aliphatic rings. The van der Waals surface area contributed by atoms with Crippen LogP contribution in [0.15, 0.2) is 36.5 Å². The normalized spacial score (nSPS) is 14.9. The van der Waals surface area contributed by atoms with Crippen molar-refractivity contribution in [2.45, 2.75) is 50.8 Å². The number of nitrogens with zero attached hydrogens (tertiary/aromatic N) is 1. The van der Waals surface area contributed by atoms with Gasteiger partial charge < -0.3 is 10.1 Å². The second-order valence-electron chi connectivity index (χ2n) is 8.11. The van der Waals surface area contributed by atoms with Gasteiger partial charge in [0.05, 0.1) is 11.7 Å². The van der Waals surface area contributed by atoms with Gasteiger partial charge in [0.15, 0.2) is 5.60 Å². The lowest BCUT2D eigenvalue weighted by Crippen LogP contribution is -2.51. The summed E-state index contributed by atoms with van der Waals surface area (Å²) in [5, 5.41) is 11.6. The van der Waals surface area contributed by atoms with Crippen molar-refractivity contribution in [2.75, 3.05) is 0 Å². The first-order valence-electron chi connectivity index (χ1n) is 9.00. The molecule has 1 atom stereocenters. The minimum absolute atomic E-state index is 0.204. The molecule has 0 aliphatic heterocycles. The van der Waals surface area contributed by atoms with Crippen molar-refractivity contribution in [1.29, 1.82) is 0 Å². The Morgan fingerprint density at radius 3 is 2.48 bits per heavy atom. The molecule has 156 valence electrons. The number of aromatic nitrogens is 2. The van der Waals surface area contributed by atoms with Crippen LogP contribution in [0.5, 0.6) is 0 Å². The number of fused-ring (bicyclic) bond motifs is 1. The van der Waals surface area contributed by atoms with Crippen LogP contribution in [0.2, 0.25) is 5.15 Å². The number of alkyl halides is 3. The van der Waals surface area contributed by atoms with E-state index in [0.29, 0.717) is 22.0 Å². The maximum Gasteiger partial charge on any atom is 0.417 e. The molecule has 1 aromatic carbocycles. The zero-order chi connectivity index (χ0) is 21.6. The number of nitrogens with one attached hydrogen (secondary N) is 1. The highest BCUT2D eigenvalue weighted by Crippen LogP contribution is 2.44. The van der Waals surface area contributed by atoms with E-state index in [1.165, 1.54) is 36.5 Å². The number of halogens is 5. The fraction of sp³-hybridized carbons (Fsp3) is 0.381. The van der Waals surface area contributed by atoms with Crippen molar-refractivity contribution < 1.29 is 22.7 Å². The van der Waals surface area contributed by atoms with Crippen molar-refractivity contribution in [3.63, 3.8) is 0 Å². The van der Waals surface area contributed by atoms with E-state index in [4.69, 9.17) is 11.6 Å². The molecule has 0 radical (unpaired) electrons. The summed E-state index contributed by atoms with van der Waals surface area (Å²) in [6, 6.07) is 7.05. The zero-order valence-electron chi connectivity index (χ0n) is 16.2. The quantitative estimate of drug-likeness (QED) is 0.394. The van der Waals surface area contributed by atoms with Gasteiger partial charge in [-0.1, -0.05) is 31.5 Å². The highest BCUT2D eigenvalue weighted by Gasteiger charge is 2.56. The van der Waals surface area contributed by atoms with Crippen molar-refractivity contribution >= 4 is 22.5 Å². The zero-order valence-corrected chi connectivity index (χ0v) is 16.9. The Balaban J connectivity index is 1.98. The standard InChI is InChI=1S/C21H21ClF4N2O/c1-12-4-5-14(23)8-16(12)19(2,3)11-20(29,21(24,25)26)9-15-6-13-7-18(22)27-10-17(13)28-15/h4-8,10,28-29H,9,11H2,1-3H3. The van der Waals surface area contributed by atoms with Crippen molar-refractivity contribution in [3.8, 4) is 0 Å². The lowest BCUT2D eigenvalue weighted by Gasteiger charge is -2.38. The van der Waals surface area contributed by atoms with E-state index in [1.54, 1.807) is 20.8 Å². The Hall–Kier alpha value is -2.12. The molecule has 2 N–H and O–H groups in total. The first-order chi connectivity index (χ1) is 13.3. The van der Waals surface area contributed by atoms with Gasteiger partial charge >= 0.3 is 6.18 Å². The molecule has 0 saturated carbocycles. The predicted octanol–water partition coefficient (Wildman–Crippen LogP) is 5.87. The average molecular weight is 429 g/mol. The summed E-state index contributed by atoms with van der Waals surface area (Å²) in [5.41, 5.74) is -2.34. The van der Waals surface area contributed by atoms with Gasteiger partial charge in [0.25, 0.3) is 0 Å². The van der Waals surface area contributed by atoms with Gasteiger partial charge in [-0.3, -0.25) is 0 Å². The van der Waals surface area contributed by atoms with Crippen molar-refractivity contribution in [1.82, 2.24) is 9.97 Å². The molecule has 0 aliphatic carbocycles. The lowest BCUT2D eigenvalue weighted by molar-refractivity contribution is -0.266. The van der Waals surface area contributed by atoms with Crippen LogP contribution in [0, 0.1) is 12.7 Å². The van der Waals surface area contributed by atoms with Crippen LogP contribution >= 0.6 is 11.6 Å². The lowest BCUT2D eigenvalue weighted by atomic mass is 9.72. The topological polar surface area (TPSA) is 48.9 Å². The average Bonchev–Trinajstić information content (AvgIpc) is 2.96. The van der Waals surface area contributed by atoms with E-state index >= 15 is 0 Å². The van der Waals surface area contributed by atoms with Crippen molar-refractivity contribution in [3.05, 3.63) is 64.3 Å². The number of H-pyrrole nitrogens is 1. The van der Waals surface area contributed by atoms with E-state index in [2.05, 4.69) is 9.97 Å². The summed E-state index contributed by atoms with van der Waals surface area (Å²) in [6.07, 6.45) is -4.78. The third-order valence-electron chi connectivity index (χ3n) is 5.20. The van der Waals surface area contributed by atoms with E-state index in [1.807, 2.05) is 0 Å². The number of aryl methyl sites for hydroxylation is 1. The second kappa shape index (κ2) is 7.29. The Kier molecular flexibility index (Phi) is 5.43. The summed E-state index contributed by atoms with van der Waals surface area (Å²) in [7, 11) is 0. The molecule has 8 heteroatoms. The molecular formula is C21H21ClF4N2O. The monoisotopic (exact) mass is 428 g/mol. The SMILES string of the molecule is Cc1ccc(F)cc1C(C)(C)CC(O)(Cc1cc2cc(Cl)ncc2[nH]1)C(F)(F)F. The largest absolute Gasteiger partial charge is 0.417 e. The molecule has 2 aromatic heterocycles. The van der Waals surface area contributed by atoms with Crippen LogP contribution in [0.1, 0.15) is 37.1 Å². The first kappa shape index (κ1) is 21.6. The third-order valence-corrected chi connectivity index (χ3v) is 5.41. The molecule has 1 unspecified atom stereocenters. The first-order valence-corrected chi connectivity index (χ1v) is 9.37. The number of aliphatic hydroxyl groups is 1. The molecule has 2 heterocycles. The Morgan fingerprint density at radius 2 is 1.83 bits per heavy atom.